The molecule has 6 rings (SSSR count). The number of aromatic nitrogens is 4. The Morgan fingerprint density at radius 1 is 1.26 bits per heavy atom. The van der Waals surface area contributed by atoms with Gasteiger partial charge in [0.2, 0.25) is 0 Å². The number of fused-ring (bicyclic) bond motifs is 1. The van der Waals surface area contributed by atoms with E-state index < -0.39 is 11.8 Å². The predicted molar refractivity (Wildman–Crippen MR) is 148 cm³/mol. The maximum atomic E-state index is 13.8. The molecular formula is C29H29ClFN7O. The number of nitrogens with one attached hydrogen (secondary N) is 2. The van der Waals surface area contributed by atoms with Crippen molar-refractivity contribution in [3.63, 3.8) is 0 Å². The summed E-state index contributed by atoms with van der Waals surface area (Å²) in [7, 11) is 0. The third kappa shape index (κ3) is 5.14. The molecule has 4 aromatic rings. The smallest absolute Gasteiger partial charge is 0.123 e. The van der Waals surface area contributed by atoms with Gasteiger partial charge in [0.1, 0.15) is 17.6 Å². The summed E-state index contributed by atoms with van der Waals surface area (Å²) < 4.78 is 30.9. The monoisotopic (exact) mass is 546 g/mol. The van der Waals surface area contributed by atoms with E-state index in [1.165, 1.54) is 18.3 Å². The lowest BCUT2D eigenvalue weighted by Gasteiger charge is -2.39. The van der Waals surface area contributed by atoms with Crippen LogP contribution in [0.15, 0.2) is 48.8 Å². The largest absolute Gasteiger partial charge is 0.381 e. The van der Waals surface area contributed by atoms with E-state index in [0.717, 1.165) is 19.3 Å². The molecule has 2 aromatic heterocycles. The van der Waals surface area contributed by atoms with E-state index in [1.54, 1.807) is 29.1 Å². The molecule has 8 nitrogen and oxygen atoms in total. The van der Waals surface area contributed by atoms with E-state index in [9.17, 15) is 11.0 Å². The van der Waals surface area contributed by atoms with Gasteiger partial charge in [0.25, 0.3) is 0 Å². The van der Waals surface area contributed by atoms with Gasteiger partial charge in [-0.25, -0.2) is 9.07 Å². The van der Waals surface area contributed by atoms with Gasteiger partial charge in [-0.05, 0) is 49.1 Å². The number of benzene rings is 2. The van der Waals surface area contributed by atoms with Gasteiger partial charge in [0, 0.05) is 35.3 Å². The van der Waals surface area contributed by atoms with E-state index in [0.29, 0.717) is 57.3 Å². The van der Waals surface area contributed by atoms with Gasteiger partial charge in [-0.15, -0.1) is 5.10 Å². The number of ether oxygens (including phenoxy) is 1. The predicted octanol–water partition coefficient (Wildman–Crippen LogP) is 6.25. The Bertz CT molecular complexity index is 1620. The van der Waals surface area contributed by atoms with Crippen LogP contribution >= 0.6 is 11.6 Å². The van der Waals surface area contributed by atoms with Gasteiger partial charge in [0.15, 0.2) is 0 Å². The first-order valence-corrected chi connectivity index (χ1v) is 13.4. The Labute approximate surface area is 232 Å². The second-order valence-corrected chi connectivity index (χ2v) is 11.3. The Hall–Kier alpha value is -3.74. The molecule has 0 amide bonds. The highest BCUT2D eigenvalue weighted by Crippen LogP contribution is 2.39. The fourth-order valence-corrected chi connectivity index (χ4v) is 5.26. The average molecular weight is 547 g/mol. The van der Waals surface area contributed by atoms with Crippen LogP contribution in [0.25, 0.3) is 10.9 Å². The summed E-state index contributed by atoms with van der Waals surface area (Å²) >= 11 is 6.75. The fourth-order valence-electron chi connectivity index (χ4n) is 5.00. The lowest BCUT2D eigenvalue weighted by atomic mass is 9.81. The van der Waals surface area contributed by atoms with Crippen molar-refractivity contribution < 1.29 is 10.5 Å². The van der Waals surface area contributed by atoms with Gasteiger partial charge in [-0.2, -0.15) is 5.26 Å². The topological polar surface area (TPSA) is 101 Å². The lowest BCUT2D eigenvalue weighted by Crippen LogP contribution is -2.44. The highest BCUT2D eigenvalue weighted by atomic mass is 35.5. The zero-order valence-electron chi connectivity index (χ0n) is 22.7. The molecular weight excluding hydrogens is 517 g/mol. The molecule has 1 aliphatic heterocycles. The lowest BCUT2D eigenvalue weighted by molar-refractivity contribution is 0.00350. The number of nitrogens with zero attached hydrogens (tertiary/aromatic N) is 5. The summed E-state index contributed by atoms with van der Waals surface area (Å²) in [5.41, 5.74) is 2.78. The number of pyridine rings is 1. The molecule has 3 heterocycles. The van der Waals surface area contributed by atoms with Crippen LogP contribution in [0, 0.1) is 22.6 Å². The van der Waals surface area contributed by atoms with Crippen LogP contribution in [0.2, 0.25) is 5.02 Å². The minimum absolute atomic E-state index is 0.0567. The van der Waals surface area contributed by atoms with Gasteiger partial charge in [0.05, 0.1) is 48.0 Å². The molecule has 2 aromatic carbocycles. The van der Waals surface area contributed by atoms with Crippen LogP contribution in [-0.4, -0.2) is 39.2 Å². The van der Waals surface area contributed by atoms with Crippen LogP contribution in [0.1, 0.15) is 63.4 Å². The molecule has 2 atom stereocenters. The molecule has 0 bridgehead atoms. The number of halogens is 2. The first kappa shape index (κ1) is 24.3. The van der Waals surface area contributed by atoms with Crippen LogP contribution < -0.4 is 10.6 Å². The Morgan fingerprint density at radius 2 is 2.05 bits per heavy atom. The summed E-state index contributed by atoms with van der Waals surface area (Å²) in [4.78, 5) is 4.47. The molecule has 0 radical (unpaired) electrons. The van der Waals surface area contributed by atoms with Gasteiger partial charge in [-0.3, -0.25) is 4.98 Å². The fraction of sp³-hybridized carbons (Fsp3) is 0.379. The maximum Gasteiger partial charge on any atom is 0.123 e. The first-order chi connectivity index (χ1) is 19.2. The number of anilines is 2. The van der Waals surface area contributed by atoms with Crippen molar-refractivity contribution in [3.8, 4) is 6.07 Å². The van der Waals surface area contributed by atoms with Crippen molar-refractivity contribution in [2.75, 3.05) is 23.8 Å². The minimum Gasteiger partial charge on any atom is -0.381 e. The minimum atomic E-state index is -1.60. The molecule has 0 unspecified atom stereocenters. The van der Waals surface area contributed by atoms with Crippen molar-refractivity contribution in [1.29, 1.82) is 5.26 Å². The molecule has 200 valence electrons. The molecule has 1 aliphatic carbocycles. The molecule has 1 saturated carbocycles. The third-order valence-corrected chi connectivity index (χ3v) is 7.71. The number of rotatable bonds is 7. The first-order valence-electron chi connectivity index (χ1n) is 13.5. The number of nitriles is 1. The van der Waals surface area contributed by atoms with Crippen molar-refractivity contribution in [3.05, 3.63) is 76.5 Å². The van der Waals surface area contributed by atoms with E-state index in [2.05, 4.69) is 45.8 Å². The van der Waals surface area contributed by atoms with Crippen molar-refractivity contribution >= 4 is 33.9 Å². The van der Waals surface area contributed by atoms with E-state index in [1.807, 2.05) is 6.07 Å². The van der Waals surface area contributed by atoms with Gasteiger partial charge in [-0.1, -0.05) is 42.8 Å². The highest BCUT2D eigenvalue weighted by Gasteiger charge is 2.34. The zero-order valence-corrected chi connectivity index (χ0v) is 22.5. The molecule has 2 fully saturated rings. The second-order valence-electron chi connectivity index (χ2n) is 10.9. The standard InChI is InChI=1S/C29H29ClFN7O/c1-29(2)16-39-10-9-25(29)35-26-18(13-32)14-33-28-22(26)11-20(12-23(28)30)34-27(17-3-5-19(31)6-4-17)24-15-38(37-36-24)21-7-8-21/h3-6,11-12,14-15,21,25,27,34H,7-10,16H2,1-2H3,(H,33,35)/t25-,27-/m0/s1/i27D. The summed E-state index contributed by atoms with van der Waals surface area (Å²) in [6, 6.07) is 10.3. The Morgan fingerprint density at radius 3 is 2.77 bits per heavy atom. The molecule has 2 N–H and O–H groups in total. The number of hydrogen-bond acceptors (Lipinski definition) is 7. The van der Waals surface area contributed by atoms with Crippen molar-refractivity contribution in [1.82, 2.24) is 20.0 Å². The molecule has 0 spiro atoms. The summed E-state index contributed by atoms with van der Waals surface area (Å²) in [6.45, 7) is 5.49. The third-order valence-electron chi connectivity index (χ3n) is 7.42. The maximum absolute atomic E-state index is 13.8. The normalized spacial score (nSPS) is 20.6. The van der Waals surface area contributed by atoms with Crippen LogP contribution in [-0.2, 0) is 4.74 Å². The van der Waals surface area contributed by atoms with Crippen molar-refractivity contribution in [2.24, 2.45) is 5.41 Å². The van der Waals surface area contributed by atoms with E-state index in [-0.39, 0.29) is 17.5 Å². The van der Waals surface area contributed by atoms with Gasteiger partial charge >= 0.3 is 0 Å². The highest BCUT2D eigenvalue weighted by molar-refractivity contribution is 6.35. The molecule has 1 saturated heterocycles. The van der Waals surface area contributed by atoms with E-state index >= 15 is 0 Å². The SMILES string of the molecule is [2H][C@](Nc1cc(Cl)c2ncc(C#N)c(N[C@H]3CCOCC3(C)C)c2c1)(c1ccc(F)cc1)c1cn(C2CC2)nn1. The summed E-state index contributed by atoms with van der Waals surface area (Å²) in [5.74, 6) is -0.400. The van der Waals surface area contributed by atoms with E-state index in [4.69, 9.17) is 16.3 Å². The quantitative estimate of drug-likeness (QED) is 0.282. The van der Waals surface area contributed by atoms with Crippen LogP contribution in [0.3, 0.4) is 0 Å². The van der Waals surface area contributed by atoms with Crippen LogP contribution in [0.4, 0.5) is 15.8 Å². The van der Waals surface area contributed by atoms with Crippen molar-refractivity contribution in [2.45, 2.75) is 51.2 Å². The zero-order chi connectivity index (χ0) is 28.1. The molecule has 10 heteroatoms. The average Bonchev–Trinajstić information content (AvgIpc) is 3.65. The molecule has 2 aliphatic rings. The van der Waals surface area contributed by atoms with Crippen LogP contribution in [0.5, 0.6) is 0 Å². The summed E-state index contributed by atoms with van der Waals surface area (Å²) in [6.07, 6.45) is 6.11. The Kier molecular flexibility index (Phi) is 6.30. The second kappa shape index (κ2) is 10.1. The summed E-state index contributed by atoms with van der Waals surface area (Å²) in [5, 5.41) is 26.4. The molecule has 39 heavy (non-hydrogen) atoms. The number of hydrogen-bond donors (Lipinski definition) is 2. The Balaban J connectivity index is 1.45. The van der Waals surface area contributed by atoms with Gasteiger partial charge < -0.3 is 15.4 Å².